The van der Waals surface area contributed by atoms with E-state index in [1.165, 1.54) is 17.2 Å². The Morgan fingerprint density at radius 3 is 2.84 bits per heavy atom. The third kappa shape index (κ3) is 4.89. The molecule has 4 rings (SSSR count). The van der Waals surface area contributed by atoms with E-state index in [0.29, 0.717) is 42.7 Å². The first kappa shape index (κ1) is 22.2. The van der Waals surface area contributed by atoms with Gasteiger partial charge in [0.25, 0.3) is 5.91 Å². The Hall–Kier alpha value is -3.04. The molecule has 3 heterocycles. The lowest BCUT2D eigenvalue weighted by Gasteiger charge is -2.34. The average Bonchev–Trinajstić information content (AvgIpc) is 2.82. The maximum absolute atomic E-state index is 14.1. The fourth-order valence-electron chi connectivity index (χ4n) is 4.08. The molecule has 0 spiro atoms. The molecule has 8 nitrogen and oxygen atoms in total. The molecule has 0 aliphatic carbocycles. The molecule has 2 aromatic rings. The zero-order valence-electron chi connectivity index (χ0n) is 17.8. The number of nitrogens with one attached hydrogen (secondary N) is 1. The quantitative estimate of drug-likeness (QED) is 0.682. The van der Waals surface area contributed by atoms with Gasteiger partial charge in [-0.15, -0.1) is 0 Å². The summed E-state index contributed by atoms with van der Waals surface area (Å²) in [5.41, 5.74) is 1.20. The summed E-state index contributed by atoms with van der Waals surface area (Å²) in [7, 11) is 0. The first-order valence-electron chi connectivity index (χ1n) is 10.8. The number of halogens is 1. The summed E-state index contributed by atoms with van der Waals surface area (Å²) in [6.07, 6.45) is 3.21. The van der Waals surface area contributed by atoms with Crippen molar-refractivity contribution in [3.8, 4) is 0 Å². The lowest BCUT2D eigenvalue weighted by Crippen LogP contribution is -2.44. The van der Waals surface area contributed by atoms with Crippen LogP contribution in [-0.2, 0) is 16.1 Å². The number of rotatable bonds is 7. The number of pyridine rings is 1. The van der Waals surface area contributed by atoms with Crippen molar-refractivity contribution in [1.82, 2.24) is 9.88 Å². The Labute approximate surface area is 186 Å². The Bertz CT molecular complexity index is 980. The van der Waals surface area contributed by atoms with Crippen molar-refractivity contribution in [3.63, 3.8) is 0 Å². The summed E-state index contributed by atoms with van der Waals surface area (Å²) in [4.78, 5) is 33.3. The van der Waals surface area contributed by atoms with Crippen molar-refractivity contribution in [2.24, 2.45) is 5.92 Å². The van der Waals surface area contributed by atoms with Gasteiger partial charge in [0.15, 0.2) is 0 Å². The van der Waals surface area contributed by atoms with E-state index in [1.54, 1.807) is 29.2 Å². The highest BCUT2D eigenvalue weighted by Crippen LogP contribution is 2.31. The third-order valence-corrected chi connectivity index (χ3v) is 5.87. The minimum Gasteiger partial charge on any atom is -0.395 e. The van der Waals surface area contributed by atoms with Crippen LogP contribution in [0.4, 0.5) is 15.9 Å². The average molecular weight is 442 g/mol. The standard InChI is InChI=1S/C23H27FN4O4/c24-19-4-2-1-3-17(19)15-27(7-8-29)23(31)18-11-20-22(25-12-18)26-13-21(30)28(20)14-16-5-9-32-10-6-16/h1-4,11-12,16,29H,5-10,13-15H2,(H,25,26). The zero-order chi connectivity index (χ0) is 22.5. The van der Waals surface area contributed by atoms with Gasteiger partial charge in [0.2, 0.25) is 5.91 Å². The van der Waals surface area contributed by atoms with Gasteiger partial charge in [-0.05, 0) is 30.9 Å². The molecule has 170 valence electrons. The van der Waals surface area contributed by atoms with Gasteiger partial charge in [0, 0.05) is 44.6 Å². The maximum Gasteiger partial charge on any atom is 0.255 e. The second-order valence-corrected chi connectivity index (χ2v) is 8.05. The van der Waals surface area contributed by atoms with Gasteiger partial charge in [-0.25, -0.2) is 9.37 Å². The monoisotopic (exact) mass is 442 g/mol. The van der Waals surface area contributed by atoms with Crippen molar-refractivity contribution < 1.29 is 23.8 Å². The van der Waals surface area contributed by atoms with E-state index >= 15 is 0 Å². The molecule has 2 aliphatic rings. The molecule has 0 atom stereocenters. The smallest absolute Gasteiger partial charge is 0.255 e. The molecule has 2 aliphatic heterocycles. The minimum atomic E-state index is -0.413. The van der Waals surface area contributed by atoms with Gasteiger partial charge in [0.1, 0.15) is 11.6 Å². The molecule has 1 fully saturated rings. The van der Waals surface area contributed by atoms with E-state index in [4.69, 9.17) is 4.74 Å². The number of ether oxygens (including phenoxy) is 1. The predicted octanol–water partition coefficient (Wildman–Crippen LogP) is 2.04. The van der Waals surface area contributed by atoms with Crippen molar-refractivity contribution in [1.29, 1.82) is 0 Å². The number of nitrogens with zero attached hydrogens (tertiary/aromatic N) is 3. The van der Waals surface area contributed by atoms with Crippen LogP contribution >= 0.6 is 0 Å². The van der Waals surface area contributed by atoms with Crippen LogP contribution in [0.15, 0.2) is 36.5 Å². The van der Waals surface area contributed by atoms with E-state index in [2.05, 4.69) is 10.3 Å². The van der Waals surface area contributed by atoms with Gasteiger partial charge in [-0.2, -0.15) is 0 Å². The molecule has 1 aromatic heterocycles. The predicted molar refractivity (Wildman–Crippen MR) is 117 cm³/mol. The highest BCUT2D eigenvalue weighted by molar-refractivity contribution is 6.04. The van der Waals surface area contributed by atoms with Gasteiger partial charge >= 0.3 is 0 Å². The number of aliphatic hydroxyl groups is 1. The zero-order valence-corrected chi connectivity index (χ0v) is 17.8. The van der Waals surface area contributed by atoms with Gasteiger partial charge in [0.05, 0.1) is 24.4 Å². The summed E-state index contributed by atoms with van der Waals surface area (Å²) < 4.78 is 19.5. The molecule has 1 saturated heterocycles. The minimum absolute atomic E-state index is 0.0200. The number of aromatic nitrogens is 1. The molecule has 0 radical (unpaired) electrons. The van der Waals surface area contributed by atoms with Crippen LogP contribution in [0, 0.1) is 11.7 Å². The van der Waals surface area contributed by atoms with E-state index in [-0.39, 0.29) is 43.6 Å². The fourth-order valence-corrected chi connectivity index (χ4v) is 4.08. The Morgan fingerprint density at radius 1 is 1.31 bits per heavy atom. The van der Waals surface area contributed by atoms with E-state index < -0.39 is 5.82 Å². The van der Waals surface area contributed by atoms with Gasteiger partial charge < -0.3 is 25.0 Å². The van der Waals surface area contributed by atoms with E-state index in [0.717, 1.165) is 12.8 Å². The largest absolute Gasteiger partial charge is 0.395 e. The number of carbonyl (C=O) groups excluding carboxylic acids is 2. The van der Waals surface area contributed by atoms with Crippen LogP contribution in [-0.4, -0.2) is 66.3 Å². The second kappa shape index (κ2) is 10.1. The lowest BCUT2D eigenvalue weighted by molar-refractivity contribution is -0.117. The topological polar surface area (TPSA) is 95.0 Å². The van der Waals surface area contributed by atoms with E-state index in [1.807, 2.05) is 0 Å². The number of amides is 2. The SMILES string of the molecule is O=C(c1cnc2c(c1)N(CC1CCOCC1)C(=O)CN2)N(CCO)Cc1ccccc1F. The molecular weight excluding hydrogens is 415 g/mol. The molecule has 0 unspecified atom stereocenters. The van der Waals surface area contributed by atoms with Gasteiger partial charge in [-0.3, -0.25) is 9.59 Å². The van der Waals surface area contributed by atoms with Gasteiger partial charge in [-0.1, -0.05) is 18.2 Å². The Morgan fingerprint density at radius 2 is 2.09 bits per heavy atom. The van der Waals surface area contributed by atoms with Crippen molar-refractivity contribution in [3.05, 3.63) is 53.5 Å². The Kier molecular flexibility index (Phi) is 6.96. The number of aliphatic hydroxyl groups excluding tert-OH is 1. The highest BCUT2D eigenvalue weighted by Gasteiger charge is 2.29. The van der Waals surface area contributed by atoms with Crippen LogP contribution in [0.2, 0.25) is 0 Å². The molecule has 0 saturated carbocycles. The first-order chi connectivity index (χ1) is 15.6. The summed E-state index contributed by atoms with van der Waals surface area (Å²) in [6.45, 7) is 1.88. The third-order valence-electron chi connectivity index (χ3n) is 5.87. The van der Waals surface area contributed by atoms with Crippen molar-refractivity contribution >= 4 is 23.3 Å². The molecule has 2 amide bonds. The van der Waals surface area contributed by atoms with Crippen LogP contribution < -0.4 is 10.2 Å². The Balaban J connectivity index is 1.58. The van der Waals surface area contributed by atoms with Crippen LogP contribution in [0.5, 0.6) is 0 Å². The number of benzene rings is 1. The van der Waals surface area contributed by atoms with Crippen LogP contribution in [0.1, 0.15) is 28.8 Å². The van der Waals surface area contributed by atoms with Crippen LogP contribution in [0.3, 0.4) is 0 Å². The summed E-state index contributed by atoms with van der Waals surface area (Å²) in [5, 5.41) is 12.5. The molecule has 0 bridgehead atoms. The molecular formula is C23H27FN4O4. The van der Waals surface area contributed by atoms with Crippen LogP contribution in [0.25, 0.3) is 0 Å². The fraction of sp³-hybridized carbons (Fsp3) is 0.435. The maximum atomic E-state index is 14.1. The summed E-state index contributed by atoms with van der Waals surface area (Å²) in [5.74, 6) is 0.000755. The molecule has 1 aromatic carbocycles. The van der Waals surface area contributed by atoms with Crippen molar-refractivity contribution in [2.75, 3.05) is 49.7 Å². The molecule has 32 heavy (non-hydrogen) atoms. The summed E-state index contributed by atoms with van der Waals surface area (Å²) in [6, 6.07) is 7.88. The van der Waals surface area contributed by atoms with Crippen molar-refractivity contribution in [2.45, 2.75) is 19.4 Å². The van der Waals surface area contributed by atoms with E-state index in [9.17, 15) is 19.1 Å². The lowest BCUT2D eigenvalue weighted by atomic mass is 9.99. The number of carbonyl (C=O) groups is 2. The summed E-state index contributed by atoms with van der Waals surface area (Å²) >= 11 is 0. The number of hydrogen-bond acceptors (Lipinski definition) is 6. The highest BCUT2D eigenvalue weighted by atomic mass is 19.1. The number of fused-ring (bicyclic) bond motifs is 1. The second-order valence-electron chi connectivity index (χ2n) is 8.05. The molecule has 9 heteroatoms. The number of hydrogen-bond donors (Lipinski definition) is 2. The molecule has 2 N–H and O–H groups in total. The number of anilines is 2. The first-order valence-corrected chi connectivity index (χ1v) is 10.8. The normalized spacial score (nSPS) is 16.4.